The van der Waals surface area contributed by atoms with E-state index in [-0.39, 0.29) is 17.4 Å². The number of imide groups is 1. The van der Waals surface area contributed by atoms with Crippen molar-refractivity contribution < 1.29 is 14.4 Å². The first-order chi connectivity index (χ1) is 12.1. The standard InChI is InChI=1S/C20H20N2O3/c1-2-3-5-13-17(23)21-16-12-8-11-15-18(16)20(25)22(19(15)24)14-9-6-4-7-10-14/h4,6-12H,2-3,5,13H2,1H3,(H,21,23). The van der Waals surface area contributed by atoms with Gasteiger partial charge in [-0.05, 0) is 30.7 Å². The van der Waals surface area contributed by atoms with Crippen molar-refractivity contribution in [2.24, 2.45) is 0 Å². The molecule has 1 aliphatic rings. The van der Waals surface area contributed by atoms with E-state index in [1.165, 1.54) is 0 Å². The molecule has 3 rings (SSSR count). The number of amides is 3. The lowest BCUT2D eigenvalue weighted by molar-refractivity contribution is -0.116. The average molecular weight is 336 g/mol. The van der Waals surface area contributed by atoms with Crippen LogP contribution in [0.1, 0.15) is 53.3 Å². The van der Waals surface area contributed by atoms with Crippen LogP contribution >= 0.6 is 0 Å². The Bertz CT molecular complexity index is 815. The maximum absolute atomic E-state index is 12.8. The molecule has 25 heavy (non-hydrogen) atoms. The van der Waals surface area contributed by atoms with Crippen molar-refractivity contribution in [3.05, 3.63) is 59.7 Å². The van der Waals surface area contributed by atoms with E-state index >= 15 is 0 Å². The third-order valence-electron chi connectivity index (χ3n) is 4.21. The van der Waals surface area contributed by atoms with Crippen molar-refractivity contribution in [1.82, 2.24) is 0 Å². The fraction of sp³-hybridized carbons (Fsp3) is 0.250. The quantitative estimate of drug-likeness (QED) is 0.640. The molecule has 5 nitrogen and oxygen atoms in total. The second-order valence-electron chi connectivity index (χ2n) is 6.01. The number of carbonyl (C=O) groups excluding carboxylic acids is 3. The molecule has 0 radical (unpaired) electrons. The Labute approximate surface area is 146 Å². The van der Waals surface area contributed by atoms with Crippen LogP contribution in [0.5, 0.6) is 0 Å². The fourth-order valence-corrected chi connectivity index (χ4v) is 2.95. The SMILES string of the molecule is CCCCCC(=O)Nc1cccc2c1C(=O)N(c1ccccc1)C2=O. The minimum absolute atomic E-state index is 0.139. The predicted octanol–water partition coefficient (Wildman–Crippen LogP) is 4.01. The van der Waals surface area contributed by atoms with Crippen molar-refractivity contribution in [3.63, 3.8) is 0 Å². The normalized spacial score (nSPS) is 13.1. The second-order valence-corrected chi connectivity index (χ2v) is 6.01. The number of nitrogens with zero attached hydrogens (tertiary/aromatic N) is 1. The molecule has 0 spiro atoms. The molecule has 2 aromatic rings. The third kappa shape index (κ3) is 3.31. The average Bonchev–Trinajstić information content (AvgIpc) is 2.88. The highest BCUT2D eigenvalue weighted by Gasteiger charge is 2.38. The zero-order valence-electron chi connectivity index (χ0n) is 14.1. The number of carbonyl (C=O) groups is 3. The highest BCUT2D eigenvalue weighted by atomic mass is 16.2. The number of unbranched alkanes of at least 4 members (excludes halogenated alkanes) is 2. The largest absolute Gasteiger partial charge is 0.325 e. The molecule has 1 aliphatic heterocycles. The summed E-state index contributed by atoms with van der Waals surface area (Å²) >= 11 is 0. The Morgan fingerprint density at radius 3 is 2.44 bits per heavy atom. The summed E-state index contributed by atoms with van der Waals surface area (Å²) in [6.45, 7) is 2.07. The van der Waals surface area contributed by atoms with Crippen LogP contribution in [-0.4, -0.2) is 17.7 Å². The molecule has 128 valence electrons. The third-order valence-corrected chi connectivity index (χ3v) is 4.21. The molecule has 2 aromatic carbocycles. The Hall–Kier alpha value is -2.95. The van der Waals surface area contributed by atoms with Gasteiger partial charge in [0.05, 0.1) is 22.5 Å². The Morgan fingerprint density at radius 1 is 0.960 bits per heavy atom. The summed E-state index contributed by atoms with van der Waals surface area (Å²) in [7, 11) is 0. The second kappa shape index (κ2) is 7.30. The van der Waals surface area contributed by atoms with E-state index in [4.69, 9.17) is 0 Å². The van der Waals surface area contributed by atoms with Crippen LogP contribution < -0.4 is 10.2 Å². The highest BCUT2D eigenvalue weighted by Crippen LogP contribution is 2.32. The first kappa shape index (κ1) is 16.9. The topological polar surface area (TPSA) is 66.5 Å². The van der Waals surface area contributed by atoms with Gasteiger partial charge in [-0.2, -0.15) is 0 Å². The van der Waals surface area contributed by atoms with Gasteiger partial charge in [-0.15, -0.1) is 0 Å². The lowest BCUT2D eigenvalue weighted by Crippen LogP contribution is -2.29. The van der Waals surface area contributed by atoms with E-state index in [2.05, 4.69) is 12.2 Å². The number of benzene rings is 2. The van der Waals surface area contributed by atoms with E-state index in [0.717, 1.165) is 24.2 Å². The summed E-state index contributed by atoms with van der Waals surface area (Å²) in [5.41, 5.74) is 1.50. The molecule has 0 saturated heterocycles. The molecule has 1 heterocycles. The number of hydrogen-bond donors (Lipinski definition) is 1. The summed E-state index contributed by atoms with van der Waals surface area (Å²) in [4.78, 5) is 38.7. The molecule has 0 bridgehead atoms. The lowest BCUT2D eigenvalue weighted by Gasteiger charge is -2.13. The summed E-state index contributed by atoms with van der Waals surface area (Å²) in [6, 6.07) is 13.8. The number of anilines is 2. The molecule has 0 unspecified atom stereocenters. The Morgan fingerprint density at radius 2 is 1.72 bits per heavy atom. The molecule has 0 aromatic heterocycles. The molecular weight excluding hydrogens is 316 g/mol. The fourth-order valence-electron chi connectivity index (χ4n) is 2.95. The minimum atomic E-state index is -0.407. The van der Waals surface area contributed by atoms with Gasteiger partial charge in [0.15, 0.2) is 0 Å². The number of fused-ring (bicyclic) bond motifs is 1. The molecule has 1 N–H and O–H groups in total. The van der Waals surface area contributed by atoms with Crippen LogP contribution in [-0.2, 0) is 4.79 Å². The van der Waals surface area contributed by atoms with E-state index in [1.807, 2.05) is 6.07 Å². The molecule has 0 fully saturated rings. The van der Waals surface area contributed by atoms with Crippen LogP contribution in [0.15, 0.2) is 48.5 Å². The van der Waals surface area contributed by atoms with Crippen LogP contribution in [0.4, 0.5) is 11.4 Å². The van der Waals surface area contributed by atoms with Gasteiger partial charge in [0.25, 0.3) is 11.8 Å². The first-order valence-electron chi connectivity index (χ1n) is 8.50. The summed E-state index contributed by atoms with van der Waals surface area (Å²) in [5.74, 6) is -0.913. The van der Waals surface area contributed by atoms with Gasteiger partial charge in [-0.1, -0.05) is 44.0 Å². The summed E-state index contributed by atoms with van der Waals surface area (Å²) < 4.78 is 0. The van der Waals surface area contributed by atoms with Crippen molar-refractivity contribution in [2.45, 2.75) is 32.6 Å². The van der Waals surface area contributed by atoms with Crippen molar-refractivity contribution in [3.8, 4) is 0 Å². The summed E-state index contributed by atoms with van der Waals surface area (Å²) in [6.07, 6.45) is 3.23. The minimum Gasteiger partial charge on any atom is -0.325 e. The van der Waals surface area contributed by atoms with Gasteiger partial charge >= 0.3 is 0 Å². The van der Waals surface area contributed by atoms with Crippen LogP contribution in [0.25, 0.3) is 0 Å². The molecule has 5 heteroatoms. The van der Waals surface area contributed by atoms with Gasteiger partial charge in [0.2, 0.25) is 5.91 Å². The number of nitrogens with one attached hydrogen (secondary N) is 1. The smallest absolute Gasteiger partial charge is 0.268 e. The number of para-hydroxylation sites is 1. The molecule has 3 amide bonds. The maximum Gasteiger partial charge on any atom is 0.268 e. The van der Waals surface area contributed by atoms with E-state index in [9.17, 15) is 14.4 Å². The lowest BCUT2D eigenvalue weighted by atomic mass is 10.1. The van der Waals surface area contributed by atoms with E-state index in [0.29, 0.717) is 23.4 Å². The zero-order valence-corrected chi connectivity index (χ0v) is 14.1. The molecular formula is C20H20N2O3. The van der Waals surface area contributed by atoms with Gasteiger partial charge in [-0.3, -0.25) is 14.4 Å². The number of hydrogen-bond acceptors (Lipinski definition) is 3. The van der Waals surface area contributed by atoms with E-state index < -0.39 is 5.91 Å². The molecule has 0 aliphatic carbocycles. The van der Waals surface area contributed by atoms with Gasteiger partial charge in [0, 0.05) is 6.42 Å². The summed E-state index contributed by atoms with van der Waals surface area (Å²) in [5, 5.41) is 2.79. The maximum atomic E-state index is 12.8. The van der Waals surface area contributed by atoms with Crippen LogP contribution in [0.3, 0.4) is 0 Å². The van der Waals surface area contributed by atoms with Gasteiger partial charge in [-0.25, -0.2) is 4.90 Å². The van der Waals surface area contributed by atoms with Crippen molar-refractivity contribution in [1.29, 1.82) is 0 Å². The predicted molar refractivity (Wildman–Crippen MR) is 96.8 cm³/mol. The first-order valence-corrected chi connectivity index (χ1v) is 8.50. The van der Waals surface area contributed by atoms with Crippen molar-refractivity contribution in [2.75, 3.05) is 10.2 Å². The van der Waals surface area contributed by atoms with E-state index in [1.54, 1.807) is 42.5 Å². The van der Waals surface area contributed by atoms with Crippen molar-refractivity contribution >= 4 is 29.1 Å². The number of rotatable bonds is 6. The van der Waals surface area contributed by atoms with Gasteiger partial charge in [0.1, 0.15) is 0 Å². The van der Waals surface area contributed by atoms with Crippen LogP contribution in [0.2, 0.25) is 0 Å². The zero-order chi connectivity index (χ0) is 17.8. The van der Waals surface area contributed by atoms with Crippen LogP contribution in [0, 0.1) is 0 Å². The molecule has 0 atom stereocenters. The monoisotopic (exact) mass is 336 g/mol. The Kier molecular flexibility index (Phi) is 4.93. The highest BCUT2D eigenvalue weighted by molar-refractivity contribution is 6.36. The Balaban J connectivity index is 1.87. The molecule has 0 saturated carbocycles. The van der Waals surface area contributed by atoms with Gasteiger partial charge < -0.3 is 5.32 Å².